The Morgan fingerprint density at radius 1 is 1.18 bits per heavy atom. The van der Waals surface area contributed by atoms with Gasteiger partial charge >= 0.3 is 0 Å². The van der Waals surface area contributed by atoms with Crippen LogP contribution in [-0.2, 0) is 0 Å². The van der Waals surface area contributed by atoms with Gasteiger partial charge in [0, 0.05) is 20.3 Å². The van der Waals surface area contributed by atoms with Gasteiger partial charge in [-0.1, -0.05) is 25.7 Å². The van der Waals surface area contributed by atoms with Crippen molar-refractivity contribution in [2.24, 2.45) is 5.92 Å². The summed E-state index contributed by atoms with van der Waals surface area (Å²) < 4.78 is 2.45. The first-order valence-electron chi connectivity index (χ1n) is 6.44. The molecule has 1 N–H and O–H groups in total. The highest BCUT2D eigenvalue weighted by atomic mass is 127. The zero-order valence-corrected chi connectivity index (χ0v) is 13.8. The van der Waals surface area contributed by atoms with Crippen molar-refractivity contribution in [1.29, 1.82) is 0 Å². The number of halogens is 2. The Balaban J connectivity index is 1.85. The molecule has 0 radical (unpaired) electrons. The minimum absolute atomic E-state index is 0.874. The van der Waals surface area contributed by atoms with Gasteiger partial charge in [-0.25, -0.2) is 0 Å². The highest BCUT2D eigenvalue weighted by Crippen LogP contribution is 2.25. The first kappa shape index (κ1) is 13.7. The fourth-order valence-corrected chi connectivity index (χ4v) is 3.20. The molecule has 0 atom stereocenters. The summed E-state index contributed by atoms with van der Waals surface area (Å²) in [5, 5.41) is 3.58. The summed E-state index contributed by atoms with van der Waals surface area (Å²) in [5.74, 6) is 0.874. The lowest BCUT2D eigenvalue weighted by atomic mass is 10.0. The van der Waals surface area contributed by atoms with Gasteiger partial charge in [0.25, 0.3) is 0 Å². The van der Waals surface area contributed by atoms with Crippen molar-refractivity contribution in [3.8, 4) is 0 Å². The lowest BCUT2D eigenvalue weighted by Crippen LogP contribution is -2.13. The summed E-state index contributed by atoms with van der Waals surface area (Å²) in [4.78, 5) is 0. The van der Waals surface area contributed by atoms with Crippen LogP contribution in [0.4, 0.5) is 5.69 Å². The summed E-state index contributed by atoms with van der Waals surface area (Å²) in [5.41, 5.74) is 1.25. The molecule has 1 fully saturated rings. The van der Waals surface area contributed by atoms with Crippen LogP contribution in [0.1, 0.15) is 38.5 Å². The first-order chi connectivity index (χ1) is 8.25. The van der Waals surface area contributed by atoms with Gasteiger partial charge in [0.2, 0.25) is 0 Å². The number of hydrogen-bond donors (Lipinski definition) is 1. The van der Waals surface area contributed by atoms with Crippen molar-refractivity contribution >= 4 is 44.2 Å². The molecule has 0 aliphatic heterocycles. The Morgan fingerprint density at radius 2 is 1.88 bits per heavy atom. The van der Waals surface area contributed by atoms with Gasteiger partial charge in [0.05, 0.1) is 0 Å². The summed E-state index contributed by atoms with van der Waals surface area (Å²) in [6, 6.07) is 6.49. The second-order valence-electron chi connectivity index (χ2n) is 4.87. The van der Waals surface area contributed by atoms with E-state index in [0.29, 0.717) is 0 Å². The maximum Gasteiger partial charge on any atom is 0.0351 e. The molecule has 0 amide bonds. The minimum Gasteiger partial charge on any atom is -0.385 e. The largest absolute Gasteiger partial charge is 0.385 e. The van der Waals surface area contributed by atoms with Crippen molar-refractivity contribution in [2.75, 3.05) is 11.9 Å². The molecular weight excluding hydrogens is 389 g/mol. The Hall–Kier alpha value is 0.230. The SMILES string of the molecule is Brc1ccc(NCC2CCCCCC2)cc1I. The lowest BCUT2D eigenvalue weighted by Gasteiger charge is -2.16. The van der Waals surface area contributed by atoms with Crippen molar-refractivity contribution < 1.29 is 0 Å². The Kier molecular flexibility index (Phi) is 5.60. The smallest absolute Gasteiger partial charge is 0.0351 e. The van der Waals surface area contributed by atoms with Gasteiger partial charge in [0.1, 0.15) is 0 Å². The summed E-state index contributed by atoms with van der Waals surface area (Å²) >= 11 is 5.90. The fourth-order valence-electron chi connectivity index (χ4n) is 2.44. The number of anilines is 1. The van der Waals surface area contributed by atoms with Crippen LogP contribution in [0.15, 0.2) is 22.7 Å². The molecular formula is C14H19BrIN. The summed E-state index contributed by atoms with van der Waals surface area (Å²) in [6.45, 7) is 1.14. The van der Waals surface area contributed by atoms with E-state index in [4.69, 9.17) is 0 Å². The van der Waals surface area contributed by atoms with Crippen molar-refractivity contribution in [1.82, 2.24) is 0 Å². The van der Waals surface area contributed by atoms with E-state index in [1.165, 1.54) is 52.3 Å². The standard InChI is InChI=1S/C14H19BrIN/c15-13-8-7-12(9-14(13)16)17-10-11-5-3-1-2-4-6-11/h7-9,11,17H,1-6,10H2. The molecule has 1 nitrogen and oxygen atoms in total. The third kappa shape index (κ3) is 4.43. The molecule has 1 aromatic carbocycles. The molecule has 17 heavy (non-hydrogen) atoms. The van der Waals surface area contributed by atoms with E-state index in [1.807, 2.05) is 0 Å². The molecule has 0 bridgehead atoms. The monoisotopic (exact) mass is 407 g/mol. The van der Waals surface area contributed by atoms with E-state index in [1.54, 1.807) is 0 Å². The average molecular weight is 408 g/mol. The summed E-state index contributed by atoms with van der Waals surface area (Å²) in [6.07, 6.45) is 8.52. The van der Waals surface area contributed by atoms with Crippen molar-refractivity contribution in [3.05, 3.63) is 26.2 Å². The van der Waals surface area contributed by atoms with Gasteiger partial charge in [-0.2, -0.15) is 0 Å². The van der Waals surface area contributed by atoms with Crippen LogP contribution < -0.4 is 5.32 Å². The molecule has 2 rings (SSSR count). The lowest BCUT2D eigenvalue weighted by molar-refractivity contribution is 0.483. The summed E-state index contributed by atoms with van der Waals surface area (Å²) in [7, 11) is 0. The number of hydrogen-bond acceptors (Lipinski definition) is 1. The van der Waals surface area contributed by atoms with Crippen LogP contribution in [-0.4, -0.2) is 6.54 Å². The molecule has 1 aliphatic rings. The van der Waals surface area contributed by atoms with Crippen LogP contribution in [0.2, 0.25) is 0 Å². The van der Waals surface area contributed by atoms with E-state index in [2.05, 4.69) is 62.0 Å². The molecule has 1 aliphatic carbocycles. The minimum atomic E-state index is 0.874. The Morgan fingerprint density at radius 3 is 2.53 bits per heavy atom. The molecule has 1 saturated carbocycles. The van der Waals surface area contributed by atoms with Gasteiger partial charge < -0.3 is 5.32 Å². The topological polar surface area (TPSA) is 12.0 Å². The van der Waals surface area contributed by atoms with Crippen LogP contribution in [0.3, 0.4) is 0 Å². The molecule has 3 heteroatoms. The highest BCUT2D eigenvalue weighted by Gasteiger charge is 2.11. The first-order valence-corrected chi connectivity index (χ1v) is 8.32. The second kappa shape index (κ2) is 6.98. The quantitative estimate of drug-likeness (QED) is 0.519. The van der Waals surface area contributed by atoms with Crippen LogP contribution in [0.25, 0.3) is 0 Å². The molecule has 0 heterocycles. The number of nitrogens with one attached hydrogen (secondary N) is 1. The van der Waals surface area contributed by atoms with Crippen LogP contribution >= 0.6 is 38.5 Å². The van der Waals surface area contributed by atoms with Crippen molar-refractivity contribution in [3.63, 3.8) is 0 Å². The molecule has 0 unspecified atom stereocenters. The molecule has 1 aromatic rings. The Bertz CT molecular complexity index is 359. The maximum absolute atomic E-state index is 3.58. The molecule has 94 valence electrons. The van der Waals surface area contributed by atoms with Gasteiger partial charge in [-0.3, -0.25) is 0 Å². The van der Waals surface area contributed by atoms with Crippen LogP contribution in [0.5, 0.6) is 0 Å². The zero-order chi connectivity index (χ0) is 12.1. The van der Waals surface area contributed by atoms with E-state index >= 15 is 0 Å². The van der Waals surface area contributed by atoms with E-state index < -0.39 is 0 Å². The highest BCUT2D eigenvalue weighted by molar-refractivity contribution is 14.1. The van der Waals surface area contributed by atoms with Gasteiger partial charge in [-0.05, 0) is 75.5 Å². The number of rotatable bonds is 3. The van der Waals surface area contributed by atoms with Crippen LogP contribution in [0, 0.1) is 9.49 Å². The van der Waals surface area contributed by atoms with Gasteiger partial charge in [0.15, 0.2) is 0 Å². The van der Waals surface area contributed by atoms with E-state index in [9.17, 15) is 0 Å². The predicted molar refractivity (Wildman–Crippen MR) is 86.5 cm³/mol. The fraction of sp³-hybridized carbons (Fsp3) is 0.571. The second-order valence-corrected chi connectivity index (χ2v) is 6.88. The predicted octanol–water partition coefficient (Wildman–Crippen LogP) is 5.44. The molecule has 0 spiro atoms. The zero-order valence-electron chi connectivity index (χ0n) is 10.0. The van der Waals surface area contributed by atoms with Gasteiger partial charge in [-0.15, -0.1) is 0 Å². The van der Waals surface area contributed by atoms with E-state index in [-0.39, 0.29) is 0 Å². The van der Waals surface area contributed by atoms with Crippen molar-refractivity contribution in [2.45, 2.75) is 38.5 Å². The number of benzene rings is 1. The molecule has 0 aromatic heterocycles. The third-order valence-electron chi connectivity index (χ3n) is 3.49. The van der Waals surface area contributed by atoms with E-state index in [0.717, 1.165) is 12.5 Å². The molecule has 0 saturated heterocycles. The average Bonchev–Trinajstić information content (AvgIpc) is 2.59. The normalized spacial score (nSPS) is 17.8. The Labute approximate surface area is 126 Å². The maximum atomic E-state index is 3.58. The third-order valence-corrected chi connectivity index (χ3v) is 5.81.